The number of carbonyl (C=O) groups excluding carboxylic acids is 2. The topological polar surface area (TPSA) is 108 Å². The standard InChI is InChI=1S/C24H30O8/c1-13(25)31-17-6-5-16-20(3)9-7-15-8-10-28-18(15)21(20,4)24(27)19(32-14(2)26)22(16,11-30-24)23(17)12-29-23/h8,10,16-17,19,27H,5-7,9,11-12H2,1-4H3/t16-,17-,19-,20-,21-,22+,23-,24-/m1/s1. The van der Waals surface area contributed by atoms with Crippen LogP contribution in [0.3, 0.4) is 0 Å². The molecule has 3 heterocycles. The summed E-state index contributed by atoms with van der Waals surface area (Å²) in [6.45, 7) is 7.45. The molecule has 1 aromatic rings. The van der Waals surface area contributed by atoms with Gasteiger partial charge in [-0.2, -0.15) is 0 Å². The van der Waals surface area contributed by atoms with Crippen molar-refractivity contribution in [1.82, 2.24) is 0 Å². The van der Waals surface area contributed by atoms with Crippen molar-refractivity contribution >= 4 is 11.9 Å². The zero-order chi connectivity index (χ0) is 22.7. The lowest BCUT2D eigenvalue weighted by molar-refractivity contribution is -0.327. The number of carbonyl (C=O) groups is 2. The summed E-state index contributed by atoms with van der Waals surface area (Å²) in [6, 6.07) is 1.95. The van der Waals surface area contributed by atoms with Crippen LogP contribution in [0, 0.1) is 16.7 Å². The molecule has 6 rings (SSSR count). The summed E-state index contributed by atoms with van der Waals surface area (Å²) in [5.41, 5.74) is -1.98. The Morgan fingerprint density at radius 1 is 1.09 bits per heavy atom. The minimum absolute atomic E-state index is 0.000293. The van der Waals surface area contributed by atoms with E-state index in [-0.39, 0.29) is 18.5 Å². The molecule has 2 saturated carbocycles. The number of epoxide rings is 1. The highest BCUT2D eigenvalue weighted by atomic mass is 16.7. The number of furan rings is 1. The average molecular weight is 446 g/mol. The molecule has 32 heavy (non-hydrogen) atoms. The third-order valence-electron chi connectivity index (χ3n) is 9.79. The number of hydrogen-bond donors (Lipinski definition) is 1. The van der Waals surface area contributed by atoms with E-state index in [9.17, 15) is 14.7 Å². The van der Waals surface area contributed by atoms with Crippen LogP contribution in [0.2, 0.25) is 0 Å². The van der Waals surface area contributed by atoms with Crippen LogP contribution in [0.1, 0.15) is 58.3 Å². The Hall–Kier alpha value is -1.90. The maximum atomic E-state index is 12.4. The van der Waals surface area contributed by atoms with Gasteiger partial charge in [0, 0.05) is 13.8 Å². The second-order valence-corrected chi connectivity index (χ2v) is 10.7. The Labute approximate surface area is 186 Å². The van der Waals surface area contributed by atoms with Crippen molar-refractivity contribution in [2.75, 3.05) is 13.2 Å². The molecule has 0 unspecified atom stereocenters. The Kier molecular flexibility index (Phi) is 3.85. The van der Waals surface area contributed by atoms with E-state index >= 15 is 0 Å². The molecule has 8 heteroatoms. The number of aryl methyl sites for hydroxylation is 1. The van der Waals surface area contributed by atoms with Gasteiger partial charge in [0.2, 0.25) is 5.79 Å². The summed E-state index contributed by atoms with van der Waals surface area (Å²) in [6.07, 6.45) is 3.25. The molecule has 1 aromatic heterocycles. The van der Waals surface area contributed by atoms with Crippen molar-refractivity contribution < 1.29 is 38.1 Å². The largest absolute Gasteiger partial charge is 0.468 e. The first-order chi connectivity index (χ1) is 15.1. The number of hydrogen-bond acceptors (Lipinski definition) is 8. The van der Waals surface area contributed by atoms with Gasteiger partial charge in [0.1, 0.15) is 17.5 Å². The van der Waals surface area contributed by atoms with Gasteiger partial charge in [-0.3, -0.25) is 9.59 Å². The lowest BCUT2D eigenvalue weighted by Crippen LogP contribution is -2.78. The van der Waals surface area contributed by atoms with Crippen LogP contribution in [0.5, 0.6) is 0 Å². The fourth-order valence-electron chi connectivity index (χ4n) is 8.26. The molecule has 0 aromatic carbocycles. The number of esters is 2. The molecule has 5 aliphatic rings. The van der Waals surface area contributed by atoms with Crippen LogP contribution in [-0.2, 0) is 40.4 Å². The molecule has 2 spiro atoms. The number of aliphatic hydroxyl groups is 1. The van der Waals surface area contributed by atoms with Crippen molar-refractivity contribution in [3.05, 3.63) is 23.7 Å². The molecule has 3 aliphatic carbocycles. The van der Waals surface area contributed by atoms with Crippen molar-refractivity contribution in [2.45, 2.75) is 82.4 Å². The molecule has 2 aliphatic heterocycles. The molecule has 2 saturated heterocycles. The van der Waals surface area contributed by atoms with Crippen molar-refractivity contribution in [1.29, 1.82) is 0 Å². The minimum Gasteiger partial charge on any atom is -0.468 e. The van der Waals surface area contributed by atoms with Crippen LogP contribution in [-0.4, -0.2) is 53.9 Å². The molecule has 0 radical (unpaired) electrons. The zero-order valence-electron chi connectivity index (χ0n) is 18.9. The summed E-state index contributed by atoms with van der Waals surface area (Å²) in [5, 5.41) is 12.4. The second-order valence-electron chi connectivity index (χ2n) is 10.7. The lowest BCUT2D eigenvalue weighted by Gasteiger charge is -2.68. The van der Waals surface area contributed by atoms with E-state index in [1.54, 1.807) is 6.26 Å². The molecule has 2 bridgehead atoms. The Bertz CT molecular complexity index is 1010. The fourth-order valence-corrected chi connectivity index (χ4v) is 8.26. The second kappa shape index (κ2) is 5.96. The van der Waals surface area contributed by atoms with Gasteiger partial charge >= 0.3 is 11.9 Å². The van der Waals surface area contributed by atoms with E-state index in [0.717, 1.165) is 24.8 Å². The fraction of sp³-hybridized carbons (Fsp3) is 0.750. The Morgan fingerprint density at radius 3 is 2.47 bits per heavy atom. The van der Waals surface area contributed by atoms with Gasteiger partial charge in [-0.15, -0.1) is 0 Å². The quantitative estimate of drug-likeness (QED) is 0.544. The Morgan fingerprint density at radius 2 is 1.81 bits per heavy atom. The maximum absolute atomic E-state index is 12.4. The van der Waals surface area contributed by atoms with Gasteiger partial charge in [0.25, 0.3) is 0 Å². The smallest absolute Gasteiger partial charge is 0.303 e. The molecule has 0 amide bonds. The molecule has 8 nitrogen and oxygen atoms in total. The summed E-state index contributed by atoms with van der Waals surface area (Å²) in [5.74, 6) is -1.98. The SMILES string of the molecule is CC(=O)O[C@@H]1[C@]23CO[C@@]1(O)[C@]1(C)c4occc4CC[C@]1(C)[C@H]2CC[C@@H](OC(C)=O)[C@]31CO1. The maximum Gasteiger partial charge on any atom is 0.303 e. The predicted octanol–water partition coefficient (Wildman–Crippen LogP) is 2.25. The highest BCUT2D eigenvalue weighted by Gasteiger charge is 2.90. The Balaban J connectivity index is 1.60. The molecule has 174 valence electrons. The molecule has 4 fully saturated rings. The van der Waals surface area contributed by atoms with Crippen LogP contribution in [0.15, 0.2) is 16.7 Å². The van der Waals surface area contributed by atoms with Crippen molar-refractivity contribution in [3.8, 4) is 0 Å². The van der Waals surface area contributed by atoms with Crippen LogP contribution >= 0.6 is 0 Å². The van der Waals surface area contributed by atoms with E-state index in [4.69, 9.17) is 23.4 Å². The first-order valence-corrected chi connectivity index (χ1v) is 11.5. The summed E-state index contributed by atoms with van der Waals surface area (Å²) in [4.78, 5) is 24.2. The van der Waals surface area contributed by atoms with E-state index in [0.29, 0.717) is 18.8 Å². The predicted molar refractivity (Wildman–Crippen MR) is 108 cm³/mol. The van der Waals surface area contributed by atoms with Crippen LogP contribution in [0.25, 0.3) is 0 Å². The number of fused-ring (bicyclic) bond motifs is 6. The van der Waals surface area contributed by atoms with Gasteiger partial charge in [-0.1, -0.05) is 6.92 Å². The average Bonchev–Trinajstić information content (AvgIpc) is 3.29. The lowest BCUT2D eigenvalue weighted by atomic mass is 9.36. The zero-order valence-corrected chi connectivity index (χ0v) is 18.9. The van der Waals surface area contributed by atoms with Gasteiger partial charge < -0.3 is 28.5 Å². The minimum atomic E-state index is -1.81. The van der Waals surface area contributed by atoms with Gasteiger partial charge in [0.15, 0.2) is 6.10 Å². The van der Waals surface area contributed by atoms with Crippen molar-refractivity contribution in [3.63, 3.8) is 0 Å². The van der Waals surface area contributed by atoms with Crippen LogP contribution in [0.4, 0.5) is 0 Å². The van der Waals surface area contributed by atoms with E-state index in [1.807, 2.05) is 13.0 Å². The highest BCUT2D eigenvalue weighted by Crippen LogP contribution is 2.78. The van der Waals surface area contributed by atoms with Gasteiger partial charge in [-0.05, 0) is 55.6 Å². The first-order valence-electron chi connectivity index (χ1n) is 11.5. The highest BCUT2D eigenvalue weighted by molar-refractivity contribution is 5.67. The van der Waals surface area contributed by atoms with Gasteiger partial charge in [-0.25, -0.2) is 0 Å². The molecule has 8 atom stereocenters. The molecular formula is C24H30O8. The third kappa shape index (κ3) is 1.98. The van der Waals surface area contributed by atoms with E-state index in [1.165, 1.54) is 13.8 Å². The summed E-state index contributed by atoms with van der Waals surface area (Å²) >= 11 is 0. The number of rotatable bonds is 2. The van der Waals surface area contributed by atoms with E-state index < -0.39 is 45.8 Å². The monoisotopic (exact) mass is 446 g/mol. The van der Waals surface area contributed by atoms with E-state index in [2.05, 4.69) is 6.92 Å². The first kappa shape index (κ1) is 20.7. The van der Waals surface area contributed by atoms with Crippen molar-refractivity contribution in [2.24, 2.45) is 16.7 Å². The molecular weight excluding hydrogens is 416 g/mol. The number of ether oxygens (including phenoxy) is 4. The molecule has 1 N–H and O–H groups in total. The van der Waals surface area contributed by atoms with Gasteiger partial charge in [0.05, 0.1) is 30.3 Å². The van der Waals surface area contributed by atoms with Crippen LogP contribution < -0.4 is 0 Å². The summed E-state index contributed by atoms with van der Waals surface area (Å²) in [7, 11) is 0. The normalized spacial score (nSPS) is 50.2. The summed E-state index contributed by atoms with van der Waals surface area (Å²) < 4.78 is 30.1. The third-order valence-corrected chi connectivity index (χ3v) is 9.79.